The molecular formula is C22H17FN2O. The molecule has 0 aromatic heterocycles. The van der Waals surface area contributed by atoms with Crippen molar-refractivity contribution in [3.05, 3.63) is 107 Å². The van der Waals surface area contributed by atoms with Gasteiger partial charge in [0.2, 0.25) is 0 Å². The molecule has 0 aliphatic carbocycles. The number of hydrogen-bond donors (Lipinski definition) is 1. The quantitative estimate of drug-likeness (QED) is 0.721. The van der Waals surface area contributed by atoms with E-state index in [1.807, 2.05) is 36.4 Å². The van der Waals surface area contributed by atoms with E-state index < -0.39 is 0 Å². The predicted molar refractivity (Wildman–Crippen MR) is 98.3 cm³/mol. The zero-order valence-electron chi connectivity index (χ0n) is 14.0. The molecule has 5 rings (SSSR count). The summed E-state index contributed by atoms with van der Waals surface area (Å²) in [7, 11) is 0. The lowest BCUT2D eigenvalue weighted by Crippen LogP contribution is -2.43. The highest BCUT2D eigenvalue weighted by Crippen LogP contribution is 2.45. The average molecular weight is 344 g/mol. The fourth-order valence-electron chi connectivity index (χ4n) is 3.57. The van der Waals surface area contributed by atoms with Crippen LogP contribution in [0.1, 0.15) is 29.0 Å². The molecule has 3 nitrogen and oxygen atoms in total. The smallest absolute Gasteiger partial charge is 0.195 e. The van der Waals surface area contributed by atoms with Crippen LogP contribution in [0.15, 0.2) is 84.9 Å². The molecule has 3 aromatic carbocycles. The van der Waals surface area contributed by atoms with Crippen molar-refractivity contribution in [2.45, 2.75) is 12.3 Å². The number of hydrazine groups is 1. The molecule has 0 bridgehead atoms. The van der Waals surface area contributed by atoms with E-state index in [0.717, 1.165) is 28.1 Å². The highest BCUT2D eigenvalue weighted by Gasteiger charge is 2.39. The van der Waals surface area contributed by atoms with Crippen molar-refractivity contribution >= 4 is 5.70 Å². The van der Waals surface area contributed by atoms with Gasteiger partial charge in [-0.2, -0.15) is 5.01 Å². The van der Waals surface area contributed by atoms with Gasteiger partial charge >= 0.3 is 0 Å². The Bertz CT molecular complexity index is 969. The number of fused-ring (bicyclic) bond motifs is 3. The summed E-state index contributed by atoms with van der Waals surface area (Å²) in [6.45, 7) is 0. The van der Waals surface area contributed by atoms with E-state index in [2.05, 4.69) is 34.7 Å². The van der Waals surface area contributed by atoms with Crippen LogP contribution in [0.3, 0.4) is 0 Å². The average Bonchev–Trinajstić information content (AvgIpc) is 3.14. The Kier molecular flexibility index (Phi) is 3.50. The molecule has 3 aromatic rings. The van der Waals surface area contributed by atoms with Gasteiger partial charge in [-0.25, -0.2) is 4.39 Å². The molecule has 0 amide bonds. The fourth-order valence-corrected chi connectivity index (χ4v) is 3.57. The molecule has 2 atom stereocenters. The minimum Gasteiger partial charge on any atom is -0.469 e. The van der Waals surface area contributed by atoms with Crippen LogP contribution in [-0.4, -0.2) is 5.01 Å². The molecule has 1 N–H and O–H groups in total. The summed E-state index contributed by atoms with van der Waals surface area (Å²) >= 11 is 0. The summed E-state index contributed by atoms with van der Waals surface area (Å²) < 4.78 is 19.6. The van der Waals surface area contributed by atoms with E-state index in [4.69, 9.17) is 4.74 Å². The Balaban J connectivity index is 1.59. The van der Waals surface area contributed by atoms with Gasteiger partial charge in [0.05, 0.1) is 11.7 Å². The van der Waals surface area contributed by atoms with Gasteiger partial charge in [0.25, 0.3) is 0 Å². The van der Waals surface area contributed by atoms with Crippen molar-refractivity contribution in [2.24, 2.45) is 0 Å². The molecule has 0 radical (unpaired) electrons. The molecule has 2 aliphatic heterocycles. The van der Waals surface area contributed by atoms with Crippen molar-refractivity contribution in [1.29, 1.82) is 0 Å². The zero-order chi connectivity index (χ0) is 17.5. The number of benzene rings is 3. The predicted octanol–water partition coefficient (Wildman–Crippen LogP) is 4.82. The summed E-state index contributed by atoms with van der Waals surface area (Å²) in [5.41, 5.74) is 7.67. The van der Waals surface area contributed by atoms with Crippen molar-refractivity contribution in [2.75, 3.05) is 0 Å². The minimum absolute atomic E-state index is 0.0465. The van der Waals surface area contributed by atoms with Gasteiger partial charge in [-0.3, -0.25) is 0 Å². The third kappa shape index (κ3) is 2.47. The first-order chi connectivity index (χ1) is 12.8. The van der Waals surface area contributed by atoms with Crippen molar-refractivity contribution < 1.29 is 9.13 Å². The van der Waals surface area contributed by atoms with Crippen molar-refractivity contribution in [3.8, 4) is 5.75 Å². The van der Waals surface area contributed by atoms with Crippen LogP contribution in [0.25, 0.3) is 5.70 Å². The van der Waals surface area contributed by atoms with Crippen molar-refractivity contribution in [3.63, 3.8) is 0 Å². The lowest BCUT2D eigenvalue weighted by Gasteiger charge is -2.38. The summed E-state index contributed by atoms with van der Waals surface area (Å²) in [6, 6.07) is 24.8. The van der Waals surface area contributed by atoms with Gasteiger partial charge in [-0.15, -0.1) is 0 Å². The highest BCUT2D eigenvalue weighted by atomic mass is 19.1. The van der Waals surface area contributed by atoms with Gasteiger partial charge in [0.1, 0.15) is 11.6 Å². The van der Waals surface area contributed by atoms with Crippen LogP contribution in [0.4, 0.5) is 4.39 Å². The molecule has 2 aliphatic rings. The zero-order valence-corrected chi connectivity index (χ0v) is 14.0. The van der Waals surface area contributed by atoms with E-state index in [0.29, 0.717) is 0 Å². The first-order valence-electron chi connectivity index (χ1n) is 8.63. The Morgan fingerprint density at radius 2 is 1.58 bits per heavy atom. The standard InChI is InChI=1S/C22H17FN2O/c23-17-12-10-16(11-13-17)22-25-20(18-8-4-5-9-21(18)26-22)14-19(24-25)15-6-2-1-3-7-15/h1-14,20,22,24H/t20-,22-/m1/s1. The Morgan fingerprint density at radius 3 is 2.38 bits per heavy atom. The molecule has 0 fully saturated rings. The van der Waals surface area contributed by atoms with Gasteiger partial charge < -0.3 is 10.2 Å². The number of halogens is 1. The number of nitrogens with one attached hydrogen (secondary N) is 1. The maximum absolute atomic E-state index is 13.4. The summed E-state index contributed by atoms with van der Waals surface area (Å²) in [5, 5.41) is 2.08. The second-order valence-corrected chi connectivity index (χ2v) is 6.47. The third-order valence-electron chi connectivity index (χ3n) is 4.84. The normalized spacial score (nSPS) is 21.2. The van der Waals surface area contributed by atoms with Crippen LogP contribution in [-0.2, 0) is 0 Å². The van der Waals surface area contributed by atoms with Gasteiger partial charge in [0.15, 0.2) is 6.23 Å². The Morgan fingerprint density at radius 1 is 0.846 bits per heavy atom. The second-order valence-electron chi connectivity index (χ2n) is 6.47. The minimum atomic E-state index is -0.340. The van der Waals surface area contributed by atoms with Crippen LogP contribution < -0.4 is 10.2 Å². The molecule has 0 saturated carbocycles. The molecule has 26 heavy (non-hydrogen) atoms. The van der Waals surface area contributed by atoms with E-state index in [1.54, 1.807) is 12.1 Å². The van der Waals surface area contributed by atoms with Crippen LogP contribution in [0.2, 0.25) is 0 Å². The Hall–Kier alpha value is -3.11. The van der Waals surface area contributed by atoms with Gasteiger partial charge in [-0.1, -0.05) is 60.7 Å². The summed E-state index contributed by atoms with van der Waals surface area (Å²) in [4.78, 5) is 0. The lowest BCUT2D eigenvalue weighted by atomic mass is 10.0. The molecule has 0 saturated heterocycles. The van der Waals surface area contributed by atoms with E-state index in [9.17, 15) is 4.39 Å². The Labute approximate surface area is 151 Å². The maximum Gasteiger partial charge on any atom is 0.195 e. The molecule has 2 heterocycles. The fraction of sp³-hybridized carbons (Fsp3) is 0.0909. The second kappa shape index (κ2) is 6.00. The lowest BCUT2D eigenvalue weighted by molar-refractivity contribution is -0.0326. The number of hydrogen-bond acceptors (Lipinski definition) is 3. The van der Waals surface area contributed by atoms with Crippen LogP contribution >= 0.6 is 0 Å². The maximum atomic E-state index is 13.4. The van der Waals surface area contributed by atoms with Gasteiger partial charge in [-0.05, 0) is 29.8 Å². The van der Waals surface area contributed by atoms with Crippen LogP contribution in [0.5, 0.6) is 5.75 Å². The molecule has 0 unspecified atom stereocenters. The van der Waals surface area contributed by atoms with Crippen LogP contribution in [0, 0.1) is 5.82 Å². The topological polar surface area (TPSA) is 24.5 Å². The summed E-state index contributed by atoms with van der Waals surface area (Å²) in [6.07, 6.45) is 1.88. The largest absolute Gasteiger partial charge is 0.469 e. The SMILES string of the molecule is Fc1ccc([C@H]2Oc3ccccc3[C@H]3C=C(c4ccccc4)NN32)cc1. The first kappa shape index (κ1) is 15.2. The summed E-state index contributed by atoms with van der Waals surface area (Å²) in [5.74, 6) is 0.606. The number of para-hydroxylation sites is 1. The molecule has 0 spiro atoms. The van der Waals surface area contributed by atoms with E-state index >= 15 is 0 Å². The number of ether oxygens (including phenoxy) is 1. The molecular weight excluding hydrogens is 327 g/mol. The number of nitrogens with zero attached hydrogens (tertiary/aromatic N) is 1. The monoisotopic (exact) mass is 344 g/mol. The van der Waals surface area contributed by atoms with E-state index in [-0.39, 0.29) is 18.1 Å². The highest BCUT2D eigenvalue weighted by molar-refractivity contribution is 5.67. The van der Waals surface area contributed by atoms with E-state index in [1.165, 1.54) is 12.1 Å². The molecule has 128 valence electrons. The third-order valence-corrected chi connectivity index (χ3v) is 4.84. The first-order valence-corrected chi connectivity index (χ1v) is 8.63. The van der Waals surface area contributed by atoms with Gasteiger partial charge in [0, 0.05) is 11.1 Å². The number of rotatable bonds is 2. The van der Waals surface area contributed by atoms with Crippen molar-refractivity contribution in [1.82, 2.24) is 10.4 Å². The molecule has 4 heteroatoms.